The number of rotatable bonds is 22. The van der Waals surface area contributed by atoms with Gasteiger partial charge in [-0.15, -0.1) is 0 Å². The molecule has 256 valence electrons. The number of carbonyl (C=O) groups is 4. The first-order valence-corrected chi connectivity index (χ1v) is 18.0. The maximum absolute atomic E-state index is 11.9. The second kappa shape index (κ2) is 28.2. The van der Waals surface area contributed by atoms with Crippen molar-refractivity contribution in [1.29, 1.82) is 0 Å². The number of carboxylic acid groups (broad SMARTS) is 2. The van der Waals surface area contributed by atoms with Crippen LogP contribution < -0.4 is 20.8 Å². The molecule has 2 aromatic rings. The summed E-state index contributed by atoms with van der Waals surface area (Å²) in [7, 11) is 0. The Morgan fingerprint density at radius 3 is 1.21 bits per heavy atom. The Kier molecular flexibility index (Phi) is 27.2. The molecule has 0 aliphatic carbocycles. The van der Waals surface area contributed by atoms with Gasteiger partial charge in [-0.2, -0.15) is 50.5 Å². The summed E-state index contributed by atoms with van der Waals surface area (Å²) in [5, 5.41) is 28.1. The van der Waals surface area contributed by atoms with Gasteiger partial charge in [0.2, 0.25) is 11.8 Å². The molecule has 0 radical (unpaired) electrons. The number of benzene rings is 2. The summed E-state index contributed by atoms with van der Waals surface area (Å²) in [5.41, 5.74) is 1.71. The van der Waals surface area contributed by atoms with Gasteiger partial charge in [-0.25, -0.2) is 0 Å². The number of hydrogen-bond acceptors (Lipinski definition) is 10. The molecule has 2 amide bonds. The van der Waals surface area contributed by atoms with Crippen LogP contribution in [0.5, 0.6) is 0 Å². The molecule has 2 aromatic carbocycles. The van der Waals surface area contributed by atoms with E-state index in [1.54, 1.807) is 0 Å². The molecule has 0 fully saturated rings. The second-order valence-electron chi connectivity index (χ2n) is 11.1. The van der Waals surface area contributed by atoms with Gasteiger partial charge in [0.15, 0.2) is 0 Å². The summed E-state index contributed by atoms with van der Waals surface area (Å²) >= 11 is 17.2. The van der Waals surface area contributed by atoms with Crippen molar-refractivity contribution in [1.82, 2.24) is 10.6 Å². The summed E-state index contributed by atoms with van der Waals surface area (Å²) in [6, 6.07) is 16.4. The molecule has 2 N–H and O–H groups in total. The van der Waals surface area contributed by atoms with E-state index >= 15 is 0 Å². The first-order chi connectivity index (χ1) is 22.0. The normalized spacial score (nSPS) is 13.0. The van der Waals surface area contributed by atoms with Gasteiger partial charge in [-0.1, -0.05) is 73.5 Å². The second-order valence-corrected chi connectivity index (χ2v) is 13.4. The number of carboxylic acids is 2. The standard InChI is InChI=1S/2C17H25NO3S2.Zn/c2*19-16(9-5-4-8-14(23)10-11-22)18-15(17(20)21)12-13-6-2-1-3-7-13;/h2*1-3,6-7,14-15,22-23H,4-5,8-12H2,(H,18,19)(H,20,21);/q;;+2/p-2/t2*14?,15-;/m00./s1. The third-order valence-corrected chi connectivity index (χ3v) is 8.66. The van der Waals surface area contributed by atoms with E-state index < -0.39 is 24.0 Å². The molecule has 8 nitrogen and oxygen atoms in total. The fraction of sp³-hybridized carbons (Fsp3) is 0.529. The van der Waals surface area contributed by atoms with E-state index in [1.807, 2.05) is 60.7 Å². The number of hydrogen-bond donors (Lipinski definition) is 6. The van der Waals surface area contributed by atoms with Crippen molar-refractivity contribution in [3.05, 3.63) is 71.8 Å². The number of amides is 2. The number of thiol groups is 4. The molecule has 0 aromatic heterocycles. The van der Waals surface area contributed by atoms with Crippen LogP contribution in [0.4, 0.5) is 0 Å². The fourth-order valence-corrected chi connectivity index (χ4v) is 6.19. The number of nitrogens with one attached hydrogen (secondary N) is 2. The van der Waals surface area contributed by atoms with Crippen LogP contribution in [-0.4, -0.2) is 57.8 Å². The van der Waals surface area contributed by atoms with Crippen molar-refractivity contribution in [3.8, 4) is 0 Å². The van der Waals surface area contributed by atoms with E-state index in [-0.39, 0.29) is 44.1 Å². The first kappa shape index (κ1) is 45.3. The van der Waals surface area contributed by atoms with Crippen LogP contribution in [-0.2, 0) is 51.5 Å². The van der Waals surface area contributed by atoms with Crippen molar-refractivity contribution >= 4 is 74.3 Å². The maximum Gasteiger partial charge on any atom is 2.00 e. The minimum atomic E-state index is -1.26. The quantitative estimate of drug-likeness (QED) is 0.0618. The topological polar surface area (TPSA) is 138 Å². The van der Waals surface area contributed by atoms with Crippen LogP contribution in [0, 0.1) is 0 Å². The smallest absolute Gasteiger partial charge is 0.548 e. The minimum absolute atomic E-state index is 0. The monoisotopic (exact) mass is 772 g/mol. The minimum Gasteiger partial charge on any atom is -0.548 e. The number of unbranched alkanes of at least 4 members (excludes halogenated alkanes) is 2. The van der Waals surface area contributed by atoms with Gasteiger partial charge < -0.3 is 30.4 Å². The van der Waals surface area contributed by atoms with Crippen LogP contribution in [0.2, 0.25) is 0 Å². The van der Waals surface area contributed by atoms with Crippen molar-refractivity contribution in [3.63, 3.8) is 0 Å². The van der Waals surface area contributed by atoms with Gasteiger partial charge in [-0.05, 0) is 74.0 Å². The van der Waals surface area contributed by atoms with E-state index in [9.17, 15) is 29.4 Å². The summed E-state index contributed by atoms with van der Waals surface area (Å²) < 4.78 is 0. The van der Waals surface area contributed by atoms with E-state index in [1.165, 1.54) is 0 Å². The molecule has 0 bridgehead atoms. The van der Waals surface area contributed by atoms with Gasteiger partial charge in [0.1, 0.15) is 0 Å². The zero-order valence-electron chi connectivity index (χ0n) is 26.9. The molecular weight excluding hydrogens is 726 g/mol. The molecule has 2 unspecified atom stereocenters. The molecule has 0 aliphatic rings. The fourth-order valence-electron chi connectivity index (χ4n) is 4.54. The van der Waals surface area contributed by atoms with E-state index in [0.717, 1.165) is 74.0 Å². The average molecular weight is 774 g/mol. The van der Waals surface area contributed by atoms with Gasteiger partial charge in [-0.3, -0.25) is 9.59 Å². The summed E-state index contributed by atoms with van der Waals surface area (Å²) in [6.07, 6.45) is 8.10. The Balaban J connectivity index is 0.000000882. The Morgan fingerprint density at radius 1 is 0.574 bits per heavy atom. The van der Waals surface area contributed by atoms with Crippen molar-refractivity contribution in [2.45, 2.75) is 99.6 Å². The Labute approximate surface area is 314 Å². The van der Waals surface area contributed by atoms with E-state index in [2.05, 4.69) is 61.1 Å². The van der Waals surface area contributed by atoms with E-state index in [4.69, 9.17) is 0 Å². The van der Waals surface area contributed by atoms with Crippen LogP contribution >= 0.6 is 50.5 Å². The van der Waals surface area contributed by atoms with Crippen molar-refractivity contribution in [2.75, 3.05) is 11.5 Å². The third-order valence-electron chi connectivity index (χ3n) is 7.11. The molecule has 4 atom stereocenters. The SMILES string of the molecule is O=C(CCCCC(S)CCS)N[C@@H](Cc1ccccc1)C(=O)[O-].O=C(CCCCC(S)CCS)N[C@@H](Cc1ccccc1)C(=O)[O-].[Zn+2]. The molecule has 0 saturated heterocycles. The Bertz CT molecular complexity index is 1060. The summed E-state index contributed by atoms with van der Waals surface area (Å²) in [6.45, 7) is 0. The van der Waals surface area contributed by atoms with Crippen LogP contribution in [0.25, 0.3) is 0 Å². The zero-order chi connectivity index (χ0) is 34.2. The Morgan fingerprint density at radius 2 is 0.915 bits per heavy atom. The molecular formula is C34H48N2O6S4Zn. The van der Waals surface area contributed by atoms with Gasteiger partial charge in [0.25, 0.3) is 0 Å². The summed E-state index contributed by atoms with van der Waals surface area (Å²) in [4.78, 5) is 46.1. The molecule has 0 heterocycles. The van der Waals surface area contributed by atoms with Gasteiger partial charge in [0, 0.05) is 23.3 Å². The molecule has 47 heavy (non-hydrogen) atoms. The predicted octanol–water partition coefficient (Wildman–Crippen LogP) is 3.28. The van der Waals surface area contributed by atoms with E-state index in [0.29, 0.717) is 23.3 Å². The Hall–Kier alpha value is -1.66. The van der Waals surface area contributed by atoms with Crippen LogP contribution in [0.15, 0.2) is 60.7 Å². The average Bonchev–Trinajstić information content (AvgIpc) is 3.02. The van der Waals surface area contributed by atoms with Crippen LogP contribution in [0.1, 0.15) is 75.3 Å². The van der Waals surface area contributed by atoms with Crippen molar-refractivity contribution < 1.29 is 48.9 Å². The first-order valence-electron chi connectivity index (χ1n) is 15.7. The van der Waals surface area contributed by atoms with Crippen LogP contribution in [0.3, 0.4) is 0 Å². The zero-order valence-corrected chi connectivity index (χ0v) is 33.5. The van der Waals surface area contributed by atoms with Gasteiger partial charge in [0.05, 0.1) is 24.0 Å². The third kappa shape index (κ3) is 23.4. The molecule has 0 spiro atoms. The predicted molar refractivity (Wildman–Crippen MR) is 194 cm³/mol. The number of aliphatic carboxylic acids is 2. The largest absolute Gasteiger partial charge is 2.00 e. The summed E-state index contributed by atoms with van der Waals surface area (Å²) in [5.74, 6) is -1.40. The molecule has 2 rings (SSSR count). The maximum atomic E-state index is 11.9. The molecule has 0 aliphatic heterocycles. The van der Waals surface area contributed by atoms with Crippen molar-refractivity contribution in [2.24, 2.45) is 0 Å². The number of carbonyl (C=O) groups excluding carboxylic acids is 4. The molecule has 0 saturated carbocycles. The molecule has 13 heteroatoms. The van der Waals surface area contributed by atoms with Gasteiger partial charge >= 0.3 is 19.5 Å².